The van der Waals surface area contributed by atoms with Gasteiger partial charge >= 0.3 is 0 Å². The first-order valence-electron chi connectivity index (χ1n) is 6.74. The summed E-state index contributed by atoms with van der Waals surface area (Å²) in [6.45, 7) is -0.260. The molecule has 2 aromatic carbocycles. The molecule has 0 atom stereocenters. The van der Waals surface area contributed by atoms with Gasteiger partial charge in [0.25, 0.3) is 11.6 Å². The maximum Gasteiger partial charge on any atom is 0.277 e. The van der Waals surface area contributed by atoms with Crippen molar-refractivity contribution < 1.29 is 19.6 Å². The van der Waals surface area contributed by atoms with Crippen molar-refractivity contribution in [2.75, 3.05) is 6.61 Å². The van der Waals surface area contributed by atoms with Crippen LogP contribution in [0, 0.1) is 10.1 Å². The normalized spacial score (nSPS) is 10.6. The van der Waals surface area contributed by atoms with Crippen LogP contribution in [0.15, 0.2) is 50.4 Å². The predicted octanol–water partition coefficient (Wildman–Crippen LogP) is 3.35. The number of amides is 1. The van der Waals surface area contributed by atoms with Crippen molar-refractivity contribution in [1.29, 1.82) is 0 Å². The van der Waals surface area contributed by atoms with E-state index in [1.807, 2.05) is 0 Å². The van der Waals surface area contributed by atoms with Crippen molar-refractivity contribution in [3.8, 4) is 11.5 Å². The number of non-ortho nitro benzene ring substituents is 1. The molecule has 2 rings (SSSR count). The first-order chi connectivity index (χ1) is 11.9. The summed E-state index contributed by atoms with van der Waals surface area (Å²) in [6, 6.07) is 9.23. The van der Waals surface area contributed by atoms with Gasteiger partial charge in [-0.2, -0.15) is 5.10 Å². The van der Waals surface area contributed by atoms with E-state index in [0.717, 1.165) is 22.8 Å². The minimum absolute atomic E-state index is 0.0789. The Labute approximate surface area is 158 Å². The van der Waals surface area contributed by atoms with Crippen molar-refractivity contribution in [2.24, 2.45) is 5.10 Å². The van der Waals surface area contributed by atoms with Crippen molar-refractivity contribution in [3.63, 3.8) is 0 Å². The van der Waals surface area contributed by atoms with Crippen molar-refractivity contribution in [2.45, 2.75) is 0 Å². The van der Waals surface area contributed by atoms with Crippen molar-refractivity contribution in [3.05, 3.63) is 61.0 Å². The third kappa shape index (κ3) is 5.54. The largest absolute Gasteiger partial charge is 0.506 e. The van der Waals surface area contributed by atoms with E-state index in [1.165, 1.54) is 0 Å². The Morgan fingerprint density at radius 1 is 1.32 bits per heavy atom. The standard InChI is InChI=1S/C15H11Br2N3O5/c16-10-1-3-12(4-2-10)25-8-14(21)19-18-7-9-5-11(20(23)24)6-13(17)15(9)22/h1-7,22H,8H2,(H,19,21)/b18-7-. The van der Waals surface area contributed by atoms with Crippen LogP contribution in [0.5, 0.6) is 11.5 Å². The van der Waals surface area contributed by atoms with Gasteiger partial charge in [-0.3, -0.25) is 14.9 Å². The number of carbonyl (C=O) groups excluding carboxylic acids is 1. The molecule has 0 spiro atoms. The zero-order valence-electron chi connectivity index (χ0n) is 12.5. The smallest absolute Gasteiger partial charge is 0.277 e. The number of hydrazone groups is 1. The summed E-state index contributed by atoms with van der Waals surface area (Å²) in [7, 11) is 0. The summed E-state index contributed by atoms with van der Waals surface area (Å²) in [6.07, 6.45) is 1.10. The molecule has 0 fully saturated rings. The zero-order valence-corrected chi connectivity index (χ0v) is 15.7. The number of ether oxygens (including phenoxy) is 1. The van der Waals surface area contributed by atoms with Gasteiger partial charge in [0.1, 0.15) is 11.5 Å². The van der Waals surface area contributed by atoms with Crippen LogP contribution < -0.4 is 10.2 Å². The second-order valence-corrected chi connectivity index (χ2v) is 6.43. The van der Waals surface area contributed by atoms with E-state index in [1.54, 1.807) is 24.3 Å². The number of carbonyl (C=O) groups is 1. The molecule has 0 aliphatic heterocycles. The molecule has 0 saturated carbocycles. The molecular weight excluding hydrogens is 462 g/mol. The summed E-state index contributed by atoms with van der Waals surface area (Å²) < 4.78 is 6.30. The minimum Gasteiger partial charge on any atom is -0.506 e. The molecule has 25 heavy (non-hydrogen) atoms. The predicted molar refractivity (Wildman–Crippen MR) is 97.8 cm³/mol. The molecule has 0 aliphatic rings. The number of nitro groups is 1. The van der Waals surface area contributed by atoms with Gasteiger partial charge < -0.3 is 9.84 Å². The van der Waals surface area contributed by atoms with Crippen LogP contribution in [0.1, 0.15) is 5.56 Å². The summed E-state index contributed by atoms with van der Waals surface area (Å²) >= 11 is 6.30. The highest BCUT2D eigenvalue weighted by molar-refractivity contribution is 9.10. The van der Waals surface area contributed by atoms with Crippen LogP contribution in [0.2, 0.25) is 0 Å². The van der Waals surface area contributed by atoms with E-state index in [0.29, 0.717) is 5.75 Å². The van der Waals surface area contributed by atoms with Gasteiger partial charge in [0, 0.05) is 22.2 Å². The third-order valence-corrected chi connectivity index (χ3v) is 4.00. The van der Waals surface area contributed by atoms with E-state index in [9.17, 15) is 20.0 Å². The molecule has 0 aliphatic carbocycles. The monoisotopic (exact) mass is 471 g/mol. The number of hydrogen-bond donors (Lipinski definition) is 2. The Hall–Kier alpha value is -2.46. The van der Waals surface area contributed by atoms with Gasteiger partial charge in [0.2, 0.25) is 0 Å². The molecule has 0 aromatic heterocycles. The Morgan fingerprint density at radius 3 is 2.64 bits per heavy atom. The lowest BCUT2D eigenvalue weighted by Gasteiger charge is -2.05. The highest BCUT2D eigenvalue weighted by Gasteiger charge is 2.13. The van der Waals surface area contributed by atoms with E-state index < -0.39 is 10.8 Å². The first-order valence-corrected chi connectivity index (χ1v) is 8.32. The average molecular weight is 473 g/mol. The number of benzene rings is 2. The van der Waals surface area contributed by atoms with Crippen molar-refractivity contribution in [1.82, 2.24) is 5.43 Å². The number of rotatable bonds is 6. The highest BCUT2D eigenvalue weighted by Crippen LogP contribution is 2.31. The second-order valence-electron chi connectivity index (χ2n) is 4.66. The van der Waals surface area contributed by atoms with E-state index >= 15 is 0 Å². The maximum atomic E-state index is 11.7. The van der Waals surface area contributed by atoms with E-state index in [2.05, 4.69) is 42.4 Å². The molecule has 0 bridgehead atoms. The number of nitro benzene ring substituents is 1. The Balaban J connectivity index is 1.95. The molecule has 8 nitrogen and oxygen atoms in total. The number of nitrogens with one attached hydrogen (secondary N) is 1. The molecule has 130 valence electrons. The number of phenolic OH excluding ortho intramolecular Hbond substituents is 1. The Kier molecular flexibility index (Phi) is 6.48. The topological polar surface area (TPSA) is 114 Å². The Morgan fingerprint density at radius 2 is 2.00 bits per heavy atom. The minimum atomic E-state index is -0.605. The van der Waals surface area contributed by atoms with Gasteiger partial charge in [-0.15, -0.1) is 0 Å². The first kappa shape index (κ1) is 18.9. The van der Waals surface area contributed by atoms with Crippen LogP contribution in [-0.4, -0.2) is 28.8 Å². The fourth-order valence-corrected chi connectivity index (χ4v) is 2.42. The fraction of sp³-hybridized carbons (Fsp3) is 0.0667. The lowest BCUT2D eigenvalue weighted by Crippen LogP contribution is -2.24. The summed E-state index contributed by atoms with van der Waals surface area (Å²) in [5, 5.41) is 24.3. The molecule has 0 unspecified atom stereocenters. The number of nitrogens with zero attached hydrogens (tertiary/aromatic N) is 2. The quantitative estimate of drug-likeness (QED) is 0.380. The molecule has 0 saturated heterocycles. The van der Waals surface area contributed by atoms with Gasteiger partial charge in [-0.05, 0) is 40.2 Å². The Bertz CT molecular complexity index is 825. The van der Waals surface area contributed by atoms with Gasteiger partial charge in [0.15, 0.2) is 6.61 Å². The maximum absolute atomic E-state index is 11.7. The number of aromatic hydroxyl groups is 1. The number of hydrogen-bond acceptors (Lipinski definition) is 6. The van der Waals surface area contributed by atoms with E-state index in [-0.39, 0.29) is 28.1 Å². The molecule has 0 heterocycles. The lowest BCUT2D eigenvalue weighted by atomic mass is 10.2. The average Bonchev–Trinajstić information content (AvgIpc) is 2.57. The zero-order chi connectivity index (χ0) is 18.4. The van der Waals surface area contributed by atoms with Crippen LogP contribution in [0.25, 0.3) is 0 Å². The molecule has 2 aromatic rings. The summed E-state index contributed by atoms with van der Waals surface area (Å²) in [4.78, 5) is 21.9. The van der Waals surface area contributed by atoms with Crippen LogP contribution in [0.3, 0.4) is 0 Å². The third-order valence-electron chi connectivity index (χ3n) is 2.86. The molecule has 10 heteroatoms. The SMILES string of the molecule is O=C(COc1ccc(Br)cc1)N/N=C\c1cc([N+](=O)[O-])cc(Br)c1O. The summed E-state index contributed by atoms with van der Waals surface area (Å²) in [5.41, 5.74) is 2.06. The molecule has 1 amide bonds. The lowest BCUT2D eigenvalue weighted by molar-refractivity contribution is -0.385. The molecule has 0 radical (unpaired) electrons. The highest BCUT2D eigenvalue weighted by atomic mass is 79.9. The van der Waals surface area contributed by atoms with Gasteiger partial charge in [-0.25, -0.2) is 5.43 Å². The fourth-order valence-electron chi connectivity index (χ4n) is 1.70. The van der Waals surface area contributed by atoms with E-state index in [4.69, 9.17) is 4.74 Å². The van der Waals surface area contributed by atoms with Gasteiger partial charge in [0.05, 0.1) is 15.6 Å². The molecular formula is C15H11Br2N3O5. The number of phenols is 1. The number of halogens is 2. The van der Waals surface area contributed by atoms with Crippen LogP contribution in [-0.2, 0) is 4.79 Å². The van der Waals surface area contributed by atoms with Gasteiger partial charge in [-0.1, -0.05) is 15.9 Å². The van der Waals surface area contributed by atoms with Crippen LogP contribution >= 0.6 is 31.9 Å². The van der Waals surface area contributed by atoms with Crippen LogP contribution in [0.4, 0.5) is 5.69 Å². The van der Waals surface area contributed by atoms with Crippen molar-refractivity contribution >= 4 is 49.7 Å². The molecule has 2 N–H and O–H groups in total. The summed E-state index contributed by atoms with van der Waals surface area (Å²) in [5.74, 6) is -0.236. The second kappa shape index (κ2) is 8.58.